The van der Waals surface area contributed by atoms with Crippen molar-refractivity contribution in [2.24, 2.45) is 0 Å². The summed E-state index contributed by atoms with van der Waals surface area (Å²) in [4.78, 5) is 5.50. The van der Waals surface area contributed by atoms with Crippen molar-refractivity contribution in [3.8, 4) is 0 Å². The predicted octanol–water partition coefficient (Wildman–Crippen LogP) is 6.01. The average Bonchev–Trinajstić information content (AvgIpc) is 3.17. The smallest absolute Gasteiger partial charge is 0.0946 e. The largest absolute Gasteiger partial charge is 0.336 e. The van der Waals surface area contributed by atoms with Crippen LogP contribution < -0.4 is 0 Å². The second-order valence-corrected chi connectivity index (χ2v) is 7.21. The Bertz CT molecular complexity index is 691. The van der Waals surface area contributed by atoms with Crippen LogP contribution in [0.5, 0.6) is 0 Å². The SMILES string of the molecule is CC.Cc1ccc(CCC(Cn2ccnc2)Sc2ccccc2)cc1. The van der Waals surface area contributed by atoms with E-state index in [9.17, 15) is 0 Å². The fourth-order valence-corrected chi connectivity index (χ4v) is 3.77. The second kappa shape index (κ2) is 10.8. The van der Waals surface area contributed by atoms with Gasteiger partial charge in [0.25, 0.3) is 0 Å². The molecule has 0 aliphatic heterocycles. The number of thioether (sulfide) groups is 1. The molecular formula is C22H28N2S. The summed E-state index contributed by atoms with van der Waals surface area (Å²) in [6.07, 6.45) is 8.07. The molecule has 1 heterocycles. The fraction of sp³-hybridized carbons (Fsp3) is 0.318. The highest BCUT2D eigenvalue weighted by Crippen LogP contribution is 2.27. The molecule has 0 aliphatic rings. The maximum atomic E-state index is 4.16. The number of hydrogen-bond donors (Lipinski definition) is 0. The van der Waals surface area contributed by atoms with Gasteiger partial charge in [-0.05, 0) is 37.5 Å². The summed E-state index contributed by atoms with van der Waals surface area (Å²) in [5, 5.41) is 0.535. The van der Waals surface area contributed by atoms with Crippen LogP contribution in [-0.2, 0) is 13.0 Å². The van der Waals surface area contributed by atoms with Crippen LogP contribution in [0, 0.1) is 6.92 Å². The molecule has 25 heavy (non-hydrogen) atoms. The third-order valence-electron chi connectivity index (χ3n) is 3.90. The van der Waals surface area contributed by atoms with Gasteiger partial charge in [-0.25, -0.2) is 4.98 Å². The van der Waals surface area contributed by atoms with E-state index in [1.165, 1.54) is 16.0 Å². The first-order chi connectivity index (χ1) is 12.3. The normalized spacial score (nSPS) is 11.5. The molecule has 2 nitrogen and oxygen atoms in total. The molecule has 0 N–H and O–H groups in total. The van der Waals surface area contributed by atoms with E-state index in [2.05, 4.69) is 71.1 Å². The Kier molecular flexibility index (Phi) is 8.33. The number of aryl methyl sites for hydroxylation is 2. The molecule has 3 heteroatoms. The van der Waals surface area contributed by atoms with Crippen molar-refractivity contribution < 1.29 is 0 Å². The zero-order chi connectivity index (χ0) is 17.9. The number of imidazole rings is 1. The maximum absolute atomic E-state index is 4.16. The van der Waals surface area contributed by atoms with E-state index in [1.54, 1.807) is 0 Å². The van der Waals surface area contributed by atoms with E-state index in [0.29, 0.717) is 5.25 Å². The Labute approximate surface area is 156 Å². The number of aromatic nitrogens is 2. The molecule has 1 unspecified atom stereocenters. The highest BCUT2D eigenvalue weighted by molar-refractivity contribution is 8.00. The molecule has 1 atom stereocenters. The Morgan fingerprint density at radius 2 is 1.72 bits per heavy atom. The predicted molar refractivity (Wildman–Crippen MR) is 109 cm³/mol. The molecule has 3 aromatic rings. The molecule has 0 saturated carbocycles. The summed E-state index contributed by atoms with van der Waals surface area (Å²) >= 11 is 1.96. The molecule has 0 amide bonds. The standard InChI is InChI=1S/C20H22N2S.C2H6/c1-17-7-9-18(10-8-17)11-12-20(15-22-14-13-21-16-22)23-19-5-3-2-4-6-19;1-2/h2-10,13-14,16,20H,11-12,15H2,1H3;1-2H3. The first kappa shape index (κ1) is 19.3. The van der Waals surface area contributed by atoms with Gasteiger partial charge in [0.15, 0.2) is 0 Å². The van der Waals surface area contributed by atoms with Gasteiger partial charge >= 0.3 is 0 Å². The highest BCUT2D eigenvalue weighted by Gasteiger charge is 2.12. The molecule has 0 aliphatic carbocycles. The molecule has 0 radical (unpaired) electrons. The minimum absolute atomic E-state index is 0.535. The Morgan fingerprint density at radius 1 is 1.00 bits per heavy atom. The van der Waals surface area contributed by atoms with Crippen LogP contribution in [0.4, 0.5) is 0 Å². The van der Waals surface area contributed by atoms with Crippen LogP contribution in [0.25, 0.3) is 0 Å². The van der Waals surface area contributed by atoms with Gasteiger partial charge in [0.05, 0.1) is 6.33 Å². The van der Waals surface area contributed by atoms with Crippen molar-refractivity contribution in [2.45, 2.75) is 50.3 Å². The topological polar surface area (TPSA) is 17.8 Å². The molecule has 2 aromatic carbocycles. The zero-order valence-electron chi connectivity index (χ0n) is 15.4. The van der Waals surface area contributed by atoms with E-state index in [1.807, 2.05) is 44.3 Å². The van der Waals surface area contributed by atoms with E-state index in [0.717, 1.165) is 19.4 Å². The molecule has 0 bridgehead atoms. The summed E-state index contributed by atoms with van der Waals surface area (Å²) in [6, 6.07) is 19.6. The zero-order valence-corrected chi connectivity index (χ0v) is 16.2. The quantitative estimate of drug-likeness (QED) is 0.484. The van der Waals surface area contributed by atoms with E-state index in [4.69, 9.17) is 0 Å². The molecule has 1 aromatic heterocycles. The van der Waals surface area contributed by atoms with Crippen molar-refractivity contribution in [1.29, 1.82) is 0 Å². The van der Waals surface area contributed by atoms with Crippen LogP contribution in [0.1, 0.15) is 31.4 Å². The summed E-state index contributed by atoms with van der Waals surface area (Å²) < 4.78 is 2.18. The Hall–Kier alpha value is -2.00. The number of benzene rings is 2. The molecule has 0 saturated heterocycles. The van der Waals surface area contributed by atoms with Gasteiger partial charge < -0.3 is 4.57 Å². The minimum atomic E-state index is 0.535. The van der Waals surface area contributed by atoms with E-state index < -0.39 is 0 Å². The minimum Gasteiger partial charge on any atom is -0.336 e. The van der Waals surface area contributed by atoms with Gasteiger partial charge in [-0.1, -0.05) is 61.9 Å². The van der Waals surface area contributed by atoms with Crippen LogP contribution in [0.15, 0.2) is 78.2 Å². The van der Waals surface area contributed by atoms with Crippen LogP contribution in [0.2, 0.25) is 0 Å². The number of hydrogen-bond acceptors (Lipinski definition) is 2. The van der Waals surface area contributed by atoms with Crippen molar-refractivity contribution in [1.82, 2.24) is 9.55 Å². The lowest BCUT2D eigenvalue weighted by atomic mass is 10.1. The van der Waals surface area contributed by atoms with Gasteiger partial charge in [-0.15, -0.1) is 11.8 Å². The monoisotopic (exact) mass is 352 g/mol. The first-order valence-electron chi connectivity index (χ1n) is 9.02. The first-order valence-corrected chi connectivity index (χ1v) is 9.90. The molecular weight excluding hydrogens is 324 g/mol. The lowest BCUT2D eigenvalue weighted by Crippen LogP contribution is -2.13. The summed E-state index contributed by atoms with van der Waals surface area (Å²) in [5.74, 6) is 0. The highest BCUT2D eigenvalue weighted by atomic mass is 32.2. The molecule has 0 spiro atoms. The van der Waals surface area contributed by atoms with Gasteiger partial charge in [0.1, 0.15) is 0 Å². The van der Waals surface area contributed by atoms with Crippen LogP contribution >= 0.6 is 11.8 Å². The summed E-state index contributed by atoms with van der Waals surface area (Å²) in [6.45, 7) is 7.13. The van der Waals surface area contributed by atoms with Gasteiger partial charge in [-0.3, -0.25) is 0 Å². The summed E-state index contributed by atoms with van der Waals surface area (Å²) in [5.41, 5.74) is 2.74. The van der Waals surface area contributed by atoms with Crippen molar-refractivity contribution in [3.05, 3.63) is 84.4 Å². The molecule has 132 valence electrons. The van der Waals surface area contributed by atoms with Crippen LogP contribution in [-0.4, -0.2) is 14.8 Å². The third-order valence-corrected chi connectivity index (χ3v) is 5.16. The van der Waals surface area contributed by atoms with Crippen molar-refractivity contribution in [3.63, 3.8) is 0 Å². The maximum Gasteiger partial charge on any atom is 0.0946 e. The van der Waals surface area contributed by atoms with Gasteiger partial charge in [-0.2, -0.15) is 0 Å². The van der Waals surface area contributed by atoms with Crippen molar-refractivity contribution in [2.75, 3.05) is 0 Å². The van der Waals surface area contributed by atoms with Gasteiger partial charge in [0.2, 0.25) is 0 Å². The fourth-order valence-electron chi connectivity index (χ4n) is 2.59. The van der Waals surface area contributed by atoms with E-state index >= 15 is 0 Å². The van der Waals surface area contributed by atoms with Crippen LogP contribution in [0.3, 0.4) is 0 Å². The summed E-state index contributed by atoms with van der Waals surface area (Å²) in [7, 11) is 0. The van der Waals surface area contributed by atoms with E-state index in [-0.39, 0.29) is 0 Å². The lowest BCUT2D eigenvalue weighted by Gasteiger charge is -2.17. The van der Waals surface area contributed by atoms with Gasteiger partial charge in [0, 0.05) is 29.1 Å². The van der Waals surface area contributed by atoms with Crippen molar-refractivity contribution >= 4 is 11.8 Å². The lowest BCUT2D eigenvalue weighted by molar-refractivity contribution is 0.624. The Balaban J connectivity index is 0.00000109. The number of nitrogens with zero attached hydrogens (tertiary/aromatic N) is 2. The third kappa shape index (κ3) is 6.79. The average molecular weight is 353 g/mol. The molecule has 0 fully saturated rings. The second-order valence-electron chi connectivity index (χ2n) is 5.84. The molecule has 3 rings (SSSR count). The Morgan fingerprint density at radius 3 is 2.36 bits per heavy atom. The number of rotatable bonds is 7.